The van der Waals surface area contributed by atoms with Crippen LogP contribution in [0.25, 0.3) is 32.2 Å². The monoisotopic (exact) mass is 550 g/mol. The highest BCUT2D eigenvalue weighted by atomic mass is 35.5. The van der Waals surface area contributed by atoms with Crippen molar-refractivity contribution in [2.45, 2.75) is 13.5 Å². The molecule has 0 aliphatic carbocycles. The summed E-state index contributed by atoms with van der Waals surface area (Å²) >= 11 is 13.6. The number of nitriles is 1. The Balaban J connectivity index is 1.49. The Labute approximate surface area is 223 Å². The number of nitrogens with zero attached hydrogens (tertiary/aromatic N) is 4. The molecule has 5 aromatic rings. The van der Waals surface area contributed by atoms with Crippen LogP contribution in [0.1, 0.15) is 21.7 Å². The van der Waals surface area contributed by atoms with Gasteiger partial charge in [0, 0.05) is 32.7 Å². The lowest BCUT2D eigenvalue weighted by molar-refractivity contribution is 0.0699. The number of aromatic carboxylic acids is 1. The first-order valence-corrected chi connectivity index (χ1v) is 12.5. The zero-order chi connectivity index (χ0) is 26.3. The van der Waals surface area contributed by atoms with Crippen molar-refractivity contribution >= 4 is 61.6 Å². The number of benzene rings is 2. The van der Waals surface area contributed by atoms with Gasteiger partial charge in [0.05, 0.1) is 38.8 Å². The summed E-state index contributed by atoms with van der Waals surface area (Å²) in [5, 5.41) is 21.5. The molecule has 184 valence electrons. The number of thiophene rings is 1. The number of carboxylic acid groups (broad SMARTS) is 1. The van der Waals surface area contributed by atoms with Gasteiger partial charge in [-0.2, -0.15) is 5.26 Å². The van der Waals surface area contributed by atoms with Crippen molar-refractivity contribution in [2.24, 2.45) is 0 Å². The van der Waals surface area contributed by atoms with E-state index in [0.717, 1.165) is 5.56 Å². The van der Waals surface area contributed by atoms with E-state index in [1.54, 1.807) is 48.8 Å². The molecule has 11 heteroatoms. The van der Waals surface area contributed by atoms with E-state index in [2.05, 4.69) is 9.97 Å². The Hall–Kier alpha value is -3.97. The molecule has 0 amide bonds. The lowest BCUT2D eigenvalue weighted by Gasteiger charge is -2.15. The minimum atomic E-state index is -1.05. The molecule has 0 spiro atoms. The first kappa shape index (κ1) is 24.7. The molecule has 0 fully saturated rings. The van der Waals surface area contributed by atoms with Crippen LogP contribution in [0, 0.1) is 18.3 Å². The van der Waals surface area contributed by atoms with Gasteiger partial charge >= 0.3 is 5.97 Å². The van der Waals surface area contributed by atoms with Crippen molar-refractivity contribution in [1.29, 1.82) is 5.26 Å². The third-order valence-corrected chi connectivity index (χ3v) is 7.28. The SMILES string of the molecule is Cc1nc2cc(Cl)cc(C#N)c2c(=O)n1CCOc1ccc(Cl)cc1-c1ccnc2c(C(=O)O)csc12. The maximum atomic E-state index is 13.2. The topological polar surface area (TPSA) is 118 Å². The Morgan fingerprint density at radius 2 is 2.00 bits per heavy atom. The molecule has 5 rings (SSSR count). The summed E-state index contributed by atoms with van der Waals surface area (Å²) < 4.78 is 8.24. The molecule has 0 aliphatic rings. The van der Waals surface area contributed by atoms with Gasteiger partial charge in [-0.1, -0.05) is 23.2 Å². The van der Waals surface area contributed by atoms with Crippen LogP contribution in [0.2, 0.25) is 10.0 Å². The van der Waals surface area contributed by atoms with Gasteiger partial charge in [-0.3, -0.25) is 14.3 Å². The summed E-state index contributed by atoms with van der Waals surface area (Å²) in [5.74, 6) is -0.0876. The van der Waals surface area contributed by atoms with Gasteiger partial charge in [0.2, 0.25) is 0 Å². The molecule has 8 nitrogen and oxygen atoms in total. The van der Waals surface area contributed by atoms with E-state index < -0.39 is 5.97 Å². The molecule has 0 saturated carbocycles. The van der Waals surface area contributed by atoms with E-state index in [0.29, 0.717) is 42.9 Å². The van der Waals surface area contributed by atoms with Gasteiger partial charge in [-0.15, -0.1) is 11.3 Å². The predicted molar refractivity (Wildman–Crippen MR) is 143 cm³/mol. The molecule has 0 radical (unpaired) electrons. The lowest BCUT2D eigenvalue weighted by atomic mass is 10.0. The zero-order valence-electron chi connectivity index (χ0n) is 19.2. The van der Waals surface area contributed by atoms with Gasteiger partial charge in [-0.05, 0) is 43.3 Å². The molecule has 1 N–H and O–H groups in total. The smallest absolute Gasteiger partial charge is 0.338 e. The fraction of sp³-hybridized carbons (Fsp3) is 0.115. The molecule has 0 saturated heterocycles. The first-order valence-electron chi connectivity index (χ1n) is 10.9. The van der Waals surface area contributed by atoms with E-state index in [9.17, 15) is 20.0 Å². The average molecular weight is 551 g/mol. The van der Waals surface area contributed by atoms with Crippen LogP contribution in [-0.2, 0) is 6.54 Å². The normalized spacial score (nSPS) is 11.1. The van der Waals surface area contributed by atoms with Gasteiger partial charge < -0.3 is 9.84 Å². The summed E-state index contributed by atoms with van der Waals surface area (Å²) in [6.07, 6.45) is 1.55. The number of halogens is 2. The van der Waals surface area contributed by atoms with E-state index in [-0.39, 0.29) is 35.2 Å². The maximum absolute atomic E-state index is 13.2. The fourth-order valence-electron chi connectivity index (χ4n) is 4.16. The number of aryl methyl sites for hydroxylation is 1. The van der Waals surface area contributed by atoms with E-state index in [1.807, 2.05) is 6.07 Å². The number of fused-ring (bicyclic) bond motifs is 2. The van der Waals surface area contributed by atoms with Crippen LogP contribution < -0.4 is 10.3 Å². The average Bonchev–Trinajstić information content (AvgIpc) is 3.30. The van der Waals surface area contributed by atoms with Crippen molar-refractivity contribution < 1.29 is 14.6 Å². The molecule has 0 unspecified atom stereocenters. The Morgan fingerprint density at radius 3 is 2.76 bits per heavy atom. The molecule has 3 heterocycles. The van der Waals surface area contributed by atoms with Crippen molar-refractivity contribution in [3.05, 3.63) is 85.3 Å². The van der Waals surface area contributed by atoms with Crippen LogP contribution >= 0.6 is 34.5 Å². The van der Waals surface area contributed by atoms with Gasteiger partial charge in [0.15, 0.2) is 0 Å². The van der Waals surface area contributed by atoms with Crippen LogP contribution in [0.4, 0.5) is 0 Å². The van der Waals surface area contributed by atoms with Crippen molar-refractivity contribution in [3.63, 3.8) is 0 Å². The maximum Gasteiger partial charge on any atom is 0.338 e. The van der Waals surface area contributed by atoms with E-state index in [4.69, 9.17) is 27.9 Å². The number of ether oxygens (including phenoxy) is 1. The molecule has 0 aliphatic heterocycles. The lowest BCUT2D eigenvalue weighted by Crippen LogP contribution is -2.27. The number of rotatable bonds is 6. The number of carbonyl (C=O) groups is 1. The predicted octanol–water partition coefficient (Wildman–Crippen LogP) is 5.94. The summed E-state index contributed by atoms with van der Waals surface area (Å²) in [7, 11) is 0. The quantitative estimate of drug-likeness (QED) is 0.278. The van der Waals surface area contributed by atoms with Crippen LogP contribution in [0.15, 0.2) is 52.8 Å². The highest BCUT2D eigenvalue weighted by Gasteiger charge is 2.18. The molecule has 3 aromatic heterocycles. The van der Waals surface area contributed by atoms with Gasteiger partial charge in [0.1, 0.15) is 24.3 Å². The molecule has 0 bridgehead atoms. The Morgan fingerprint density at radius 1 is 1.19 bits per heavy atom. The highest BCUT2D eigenvalue weighted by Crippen LogP contribution is 2.39. The Bertz CT molecular complexity index is 1820. The number of carboxylic acids is 1. The van der Waals surface area contributed by atoms with Gasteiger partial charge in [0.25, 0.3) is 5.56 Å². The first-order chi connectivity index (χ1) is 17.8. The van der Waals surface area contributed by atoms with Crippen LogP contribution in [-0.4, -0.2) is 32.2 Å². The summed E-state index contributed by atoms with van der Waals surface area (Å²) in [4.78, 5) is 33.5. The second kappa shape index (κ2) is 9.82. The standard InChI is InChI=1S/C26H16Cl2N4O4S/c1-13-31-20-10-16(28)8-14(11-29)22(20)25(33)32(13)6-7-36-21-3-2-15(27)9-18(21)17-4-5-30-23-19(26(34)35)12-37-24(17)23/h2-5,8-10,12H,6-7H2,1H3,(H,34,35). The van der Waals surface area contributed by atoms with Crippen molar-refractivity contribution in [3.8, 4) is 22.9 Å². The summed E-state index contributed by atoms with van der Waals surface area (Å²) in [5.41, 5.74) is 2.08. The van der Waals surface area contributed by atoms with E-state index >= 15 is 0 Å². The Kier molecular flexibility index (Phi) is 6.56. The third-order valence-electron chi connectivity index (χ3n) is 5.82. The van der Waals surface area contributed by atoms with Crippen LogP contribution in [0.3, 0.4) is 0 Å². The fourth-order valence-corrected chi connectivity index (χ4v) is 5.57. The number of hydrogen-bond acceptors (Lipinski definition) is 7. The minimum absolute atomic E-state index is 0.122. The number of pyridine rings is 1. The van der Waals surface area contributed by atoms with Gasteiger partial charge in [-0.25, -0.2) is 9.78 Å². The molecule has 37 heavy (non-hydrogen) atoms. The minimum Gasteiger partial charge on any atom is -0.491 e. The van der Waals surface area contributed by atoms with Crippen molar-refractivity contribution in [2.75, 3.05) is 6.61 Å². The van der Waals surface area contributed by atoms with Crippen molar-refractivity contribution in [1.82, 2.24) is 14.5 Å². The zero-order valence-corrected chi connectivity index (χ0v) is 21.5. The van der Waals surface area contributed by atoms with E-state index in [1.165, 1.54) is 22.0 Å². The molecule has 2 aromatic carbocycles. The number of hydrogen-bond donors (Lipinski definition) is 1. The second-order valence-corrected chi connectivity index (χ2v) is 9.81. The molecular formula is C26H16Cl2N4O4S. The summed E-state index contributed by atoms with van der Waals surface area (Å²) in [6, 6.07) is 11.9. The summed E-state index contributed by atoms with van der Waals surface area (Å²) in [6.45, 7) is 2.00. The second-order valence-electron chi connectivity index (χ2n) is 8.05. The highest BCUT2D eigenvalue weighted by molar-refractivity contribution is 7.18. The largest absolute Gasteiger partial charge is 0.491 e. The van der Waals surface area contributed by atoms with Crippen LogP contribution in [0.5, 0.6) is 5.75 Å². The molecule has 0 atom stereocenters. The third kappa shape index (κ3) is 4.51. The molecular weight excluding hydrogens is 535 g/mol. The number of aromatic nitrogens is 3.